The fourth-order valence-corrected chi connectivity index (χ4v) is 2.38. The predicted octanol–water partition coefficient (Wildman–Crippen LogP) is 0.425. The number of hydrogen-bond acceptors (Lipinski definition) is 8. The lowest BCUT2D eigenvalue weighted by atomic mass is 10.2. The Kier molecular flexibility index (Phi) is 16.0. The van der Waals surface area contributed by atoms with Crippen LogP contribution in [0.1, 0.15) is 11.1 Å². The zero-order valence-corrected chi connectivity index (χ0v) is 18.2. The predicted molar refractivity (Wildman–Crippen MR) is 110 cm³/mol. The molecule has 0 saturated carbocycles. The van der Waals surface area contributed by atoms with Gasteiger partial charge in [-0.05, 0) is 38.1 Å². The van der Waals surface area contributed by atoms with E-state index in [0.29, 0.717) is 0 Å². The molecule has 12 heteroatoms. The summed E-state index contributed by atoms with van der Waals surface area (Å²) in [6.45, 7) is 3.18. The standard InChI is InChI=1S/2C7H8O3S.2C2H6O2/c2*1-6-2-4-7(5-3-6)11(8,9)10;2*3-1-2-4/h2*2-5H,1H3,(H,8,9,10);2*3-4H,1-2H2. The van der Waals surface area contributed by atoms with Gasteiger partial charge in [-0.2, -0.15) is 16.8 Å². The van der Waals surface area contributed by atoms with Crippen molar-refractivity contribution < 1.29 is 46.4 Å². The Morgan fingerprint density at radius 3 is 0.867 bits per heavy atom. The minimum Gasteiger partial charge on any atom is -0.394 e. The van der Waals surface area contributed by atoms with Gasteiger partial charge in [0.25, 0.3) is 20.2 Å². The highest BCUT2D eigenvalue weighted by Gasteiger charge is 2.07. The third-order valence-corrected chi connectivity index (χ3v) is 4.57. The van der Waals surface area contributed by atoms with Crippen LogP contribution in [0.15, 0.2) is 58.3 Å². The van der Waals surface area contributed by atoms with E-state index in [1.807, 2.05) is 13.8 Å². The fraction of sp³-hybridized carbons (Fsp3) is 0.333. The van der Waals surface area contributed by atoms with E-state index < -0.39 is 20.2 Å². The Morgan fingerprint density at radius 2 is 0.733 bits per heavy atom. The van der Waals surface area contributed by atoms with E-state index in [2.05, 4.69) is 0 Å². The van der Waals surface area contributed by atoms with Crippen LogP contribution in [0, 0.1) is 13.8 Å². The van der Waals surface area contributed by atoms with Gasteiger partial charge in [0.05, 0.1) is 36.2 Å². The smallest absolute Gasteiger partial charge is 0.294 e. The lowest BCUT2D eigenvalue weighted by Gasteiger charge is -1.95. The number of benzene rings is 2. The van der Waals surface area contributed by atoms with E-state index in [0.717, 1.165) is 11.1 Å². The molecule has 2 aromatic carbocycles. The molecule has 0 fully saturated rings. The molecule has 0 aliphatic carbocycles. The normalized spacial score (nSPS) is 10.4. The van der Waals surface area contributed by atoms with Gasteiger partial charge in [0.15, 0.2) is 0 Å². The highest BCUT2D eigenvalue weighted by atomic mass is 32.2. The van der Waals surface area contributed by atoms with E-state index in [9.17, 15) is 16.8 Å². The number of aliphatic hydroxyl groups is 4. The van der Waals surface area contributed by atoms with Crippen LogP contribution in [0.4, 0.5) is 0 Å². The molecule has 10 nitrogen and oxygen atoms in total. The van der Waals surface area contributed by atoms with Gasteiger partial charge in [-0.1, -0.05) is 35.4 Å². The summed E-state index contributed by atoms with van der Waals surface area (Å²) in [4.78, 5) is -0.133. The van der Waals surface area contributed by atoms with Crippen LogP contribution in [-0.2, 0) is 20.2 Å². The van der Waals surface area contributed by atoms with Crippen molar-refractivity contribution in [1.29, 1.82) is 0 Å². The van der Waals surface area contributed by atoms with E-state index in [4.69, 9.17) is 29.5 Å². The molecule has 0 aliphatic heterocycles. The van der Waals surface area contributed by atoms with Gasteiger partial charge in [0, 0.05) is 0 Å². The van der Waals surface area contributed by atoms with Crippen molar-refractivity contribution in [3.05, 3.63) is 59.7 Å². The monoisotopic (exact) mass is 468 g/mol. The molecule has 2 aromatic rings. The van der Waals surface area contributed by atoms with Crippen LogP contribution < -0.4 is 0 Å². The quantitative estimate of drug-likeness (QED) is 0.343. The van der Waals surface area contributed by atoms with Crippen LogP contribution in [0.5, 0.6) is 0 Å². The summed E-state index contributed by atoms with van der Waals surface area (Å²) in [5.41, 5.74) is 1.91. The first-order valence-electron chi connectivity index (χ1n) is 8.35. The Morgan fingerprint density at radius 1 is 0.533 bits per heavy atom. The Labute approximate surface area is 176 Å². The largest absolute Gasteiger partial charge is 0.394 e. The molecule has 0 bridgehead atoms. The molecule has 0 aromatic heterocycles. The van der Waals surface area contributed by atoms with E-state index in [1.165, 1.54) is 24.3 Å². The van der Waals surface area contributed by atoms with Gasteiger partial charge in [0.1, 0.15) is 0 Å². The third kappa shape index (κ3) is 16.0. The number of aryl methyl sites for hydroxylation is 2. The molecule has 0 spiro atoms. The topological polar surface area (TPSA) is 190 Å². The zero-order chi connectivity index (χ0) is 23.8. The second-order valence-electron chi connectivity index (χ2n) is 5.47. The first-order valence-corrected chi connectivity index (χ1v) is 11.2. The zero-order valence-electron chi connectivity index (χ0n) is 16.6. The van der Waals surface area contributed by atoms with Crippen molar-refractivity contribution in [2.45, 2.75) is 23.6 Å². The fourth-order valence-electron chi connectivity index (χ4n) is 1.42. The number of aliphatic hydroxyl groups excluding tert-OH is 4. The second-order valence-corrected chi connectivity index (χ2v) is 8.31. The molecule has 0 unspecified atom stereocenters. The molecule has 0 radical (unpaired) electrons. The van der Waals surface area contributed by atoms with Gasteiger partial charge in [-0.25, -0.2) is 0 Å². The van der Waals surface area contributed by atoms with Gasteiger partial charge >= 0.3 is 0 Å². The minimum absolute atomic E-state index is 0.0666. The maximum atomic E-state index is 10.5. The average Bonchev–Trinajstić information content (AvgIpc) is 2.68. The summed E-state index contributed by atoms with van der Waals surface area (Å²) in [6, 6.07) is 12.0. The second kappa shape index (κ2) is 15.9. The molecule has 0 heterocycles. The van der Waals surface area contributed by atoms with Crippen molar-refractivity contribution in [2.75, 3.05) is 26.4 Å². The average molecular weight is 469 g/mol. The van der Waals surface area contributed by atoms with Crippen molar-refractivity contribution in [3.8, 4) is 0 Å². The summed E-state index contributed by atoms with van der Waals surface area (Å²) < 4.78 is 59.1. The number of rotatable bonds is 4. The summed E-state index contributed by atoms with van der Waals surface area (Å²) in [6.07, 6.45) is 0. The summed E-state index contributed by atoms with van der Waals surface area (Å²) in [5, 5.41) is 30.5. The molecule has 6 N–H and O–H groups in total. The first-order chi connectivity index (χ1) is 13.8. The molecule has 0 amide bonds. The molecule has 30 heavy (non-hydrogen) atoms. The van der Waals surface area contributed by atoms with Crippen LogP contribution in [0.2, 0.25) is 0 Å². The summed E-state index contributed by atoms with van der Waals surface area (Å²) in [5.74, 6) is 0. The first kappa shape index (κ1) is 30.3. The van der Waals surface area contributed by atoms with Crippen LogP contribution in [0.3, 0.4) is 0 Å². The van der Waals surface area contributed by atoms with Crippen LogP contribution in [-0.4, -0.2) is 72.8 Å². The molecule has 0 atom stereocenters. The molecule has 0 saturated heterocycles. The van der Waals surface area contributed by atoms with Crippen LogP contribution in [0.25, 0.3) is 0 Å². The Bertz CT molecular complexity index is 809. The van der Waals surface area contributed by atoms with Gasteiger partial charge in [-0.3, -0.25) is 9.11 Å². The highest BCUT2D eigenvalue weighted by molar-refractivity contribution is 7.86. The molecule has 2 rings (SSSR count). The van der Waals surface area contributed by atoms with Gasteiger partial charge in [0.2, 0.25) is 0 Å². The van der Waals surface area contributed by atoms with Crippen LogP contribution >= 0.6 is 0 Å². The molecular weight excluding hydrogens is 440 g/mol. The van der Waals surface area contributed by atoms with Crippen molar-refractivity contribution in [1.82, 2.24) is 0 Å². The maximum Gasteiger partial charge on any atom is 0.294 e. The van der Waals surface area contributed by atoms with Crippen molar-refractivity contribution in [2.24, 2.45) is 0 Å². The Balaban J connectivity index is 0. The Hall–Kier alpha value is -1.90. The van der Waals surface area contributed by atoms with Crippen molar-refractivity contribution in [3.63, 3.8) is 0 Å². The van der Waals surface area contributed by atoms with Gasteiger partial charge in [-0.15, -0.1) is 0 Å². The number of hydrogen-bond donors (Lipinski definition) is 6. The SMILES string of the molecule is Cc1ccc(S(=O)(=O)O)cc1.Cc1ccc(S(=O)(=O)O)cc1.OCCO.OCCO. The third-order valence-electron chi connectivity index (χ3n) is 2.84. The van der Waals surface area contributed by atoms with Gasteiger partial charge < -0.3 is 20.4 Å². The highest BCUT2D eigenvalue weighted by Crippen LogP contribution is 2.09. The summed E-state index contributed by atoms with van der Waals surface area (Å²) >= 11 is 0. The lowest BCUT2D eigenvalue weighted by Crippen LogP contribution is -1.96. The lowest BCUT2D eigenvalue weighted by molar-refractivity contribution is 0.186. The molecule has 172 valence electrons. The van der Waals surface area contributed by atoms with E-state index in [-0.39, 0.29) is 36.2 Å². The molecule has 0 aliphatic rings. The summed E-state index contributed by atoms with van der Waals surface area (Å²) in [7, 11) is -8.04. The van der Waals surface area contributed by atoms with E-state index in [1.54, 1.807) is 24.3 Å². The maximum absolute atomic E-state index is 10.5. The van der Waals surface area contributed by atoms with E-state index >= 15 is 0 Å². The minimum atomic E-state index is -4.02. The molecular formula is C18H28O10S2. The van der Waals surface area contributed by atoms with Crippen molar-refractivity contribution >= 4 is 20.2 Å².